The zero-order valence-electron chi connectivity index (χ0n) is 10.9. The molecule has 1 atom stereocenters. The van der Waals surface area contributed by atoms with Crippen molar-refractivity contribution in [3.8, 4) is 11.5 Å². The molecule has 104 valence electrons. The van der Waals surface area contributed by atoms with Gasteiger partial charge in [-0.2, -0.15) is 0 Å². The molecule has 0 fully saturated rings. The smallest absolute Gasteiger partial charge is 0.176 e. The molecule has 1 aromatic rings. The lowest BCUT2D eigenvalue weighted by Crippen LogP contribution is -2.11. The molecular formula is C13H21Cl2NO2. The topological polar surface area (TPSA) is 55.5 Å². The summed E-state index contributed by atoms with van der Waals surface area (Å²) in [4.78, 5) is 0. The minimum atomic E-state index is -0.0793. The predicted molar refractivity (Wildman–Crippen MR) is 77.9 cm³/mol. The van der Waals surface area contributed by atoms with E-state index in [4.69, 9.17) is 22.1 Å². The Balaban J connectivity index is 0.00000289. The second kappa shape index (κ2) is 7.72. The first kappa shape index (κ1) is 17.4. The largest absolute Gasteiger partial charge is 0.503 e. The monoisotopic (exact) mass is 293 g/mol. The minimum Gasteiger partial charge on any atom is -0.503 e. The van der Waals surface area contributed by atoms with Crippen LogP contribution < -0.4 is 10.5 Å². The van der Waals surface area contributed by atoms with Crippen LogP contribution in [0.2, 0.25) is 5.02 Å². The van der Waals surface area contributed by atoms with Crippen LogP contribution in [0.15, 0.2) is 12.1 Å². The third kappa shape index (κ3) is 4.56. The zero-order chi connectivity index (χ0) is 13.0. The highest BCUT2D eigenvalue weighted by molar-refractivity contribution is 6.32. The second-order valence-electron chi connectivity index (χ2n) is 4.63. The summed E-state index contributed by atoms with van der Waals surface area (Å²) in [5.74, 6) is 0.956. The van der Waals surface area contributed by atoms with Gasteiger partial charge in [-0.15, -0.1) is 12.4 Å². The van der Waals surface area contributed by atoms with E-state index in [9.17, 15) is 5.11 Å². The van der Waals surface area contributed by atoms with E-state index in [0.29, 0.717) is 11.7 Å². The molecule has 1 aromatic carbocycles. The standard InChI is InChI=1S/C13H20ClNO2.ClH/c1-8(2)4-5-11(15)9-6-10(14)13(16)12(7-9)17-3;/h6-8,11,16H,4-5,15H2,1-3H3;1H/t11-;/m0./s1. The van der Waals surface area contributed by atoms with Crippen LogP contribution in [0, 0.1) is 5.92 Å². The Morgan fingerprint density at radius 1 is 1.33 bits per heavy atom. The molecule has 0 saturated carbocycles. The van der Waals surface area contributed by atoms with E-state index < -0.39 is 0 Å². The third-order valence-corrected chi connectivity index (χ3v) is 3.04. The van der Waals surface area contributed by atoms with Crippen molar-refractivity contribution in [2.24, 2.45) is 11.7 Å². The van der Waals surface area contributed by atoms with Crippen LogP contribution >= 0.6 is 24.0 Å². The molecule has 0 heterocycles. The van der Waals surface area contributed by atoms with Gasteiger partial charge in [-0.25, -0.2) is 0 Å². The molecule has 0 saturated heterocycles. The lowest BCUT2D eigenvalue weighted by atomic mass is 9.98. The Bertz CT molecular complexity index is 383. The summed E-state index contributed by atoms with van der Waals surface area (Å²) in [6, 6.07) is 3.36. The van der Waals surface area contributed by atoms with Crippen molar-refractivity contribution in [2.45, 2.75) is 32.7 Å². The van der Waals surface area contributed by atoms with Crippen molar-refractivity contribution >= 4 is 24.0 Å². The van der Waals surface area contributed by atoms with Crippen molar-refractivity contribution < 1.29 is 9.84 Å². The highest BCUT2D eigenvalue weighted by atomic mass is 35.5. The number of hydrogen-bond acceptors (Lipinski definition) is 3. The van der Waals surface area contributed by atoms with E-state index in [1.807, 2.05) is 0 Å². The highest BCUT2D eigenvalue weighted by Crippen LogP contribution is 2.37. The maximum Gasteiger partial charge on any atom is 0.176 e. The molecule has 0 spiro atoms. The van der Waals surface area contributed by atoms with Gasteiger partial charge in [0.15, 0.2) is 11.5 Å². The molecule has 0 aromatic heterocycles. The van der Waals surface area contributed by atoms with Crippen LogP contribution in [0.25, 0.3) is 0 Å². The Morgan fingerprint density at radius 2 is 1.94 bits per heavy atom. The number of hydrogen-bond donors (Lipinski definition) is 2. The number of phenolic OH excluding ortho intramolecular Hbond substituents is 1. The van der Waals surface area contributed by atoms with E-state index in [2.05, 4.69) is 13.8 Å². The maximum absolute atomic E-state index is 9.62. The fourth-order valence-corrected chi connectivity index (χ4v) is 1.86. The number of ether oxygens (including phenoxy) is 1. The van der Waals surface area contributed by atoms with Crippen LogP contribution in [0.5, 0.6) is 11.5 Å². The zero-order valence-corrected chi connectivity index (χ0v) is 12.5. The van der Waals surface area contributed by atoms with Gasteiger partial charge in [-0.1, -0.05) is 25.4 Å². The summed E-state index contributed by atoms with van der Waals surface area (Å²) < 4.78 is 5.05. The molecule has 3 nitrogen and oxygen atoms in total. The first-order chi connectivity index (χ1) is 7.95. The molecule has 0 bridgehead atoms. The lowest BCUT2D eigenvalue weighted by Gasteiger charge is -2.15. The predicted octanol–water partition coefficient (Wildman–Crippen LogP) is 3.91. The number of methoxy groups -OCH3 is 1. The van der Waals surface area contributed by atoms with Crippen molar-refractivity contribution in [1.29, 1.82) is 0 Å². The molecule has 0 aliphatic rings. The van der Waals surface area contributed by atoms with Crippen molar-refractivity contribution in [2.75, 3.05) is 7.11 Å². The molecule has 5 heteroatoms. The average molecular weight is 294 g/mol. The molecule has 0 amide bonds. The fraction of sp³-hybridized carbons (Fsp3) is 0.538. The van der Waals surface area contributed by atoms with Crippen LogP contribution in [0.1, 0.15) is 38.3 Å². The van der Waals surface area contributed by atoms with Gasteiger partial charge >= 0.3 is 0 Å². The van der Waals surface area contributed by atoms with Gasteiger partial charge in [-0.3, -0.25) is 0 Å². The third-order valence-electron chi connectivity index (χ3n) is 2.75. The number of benzene rings is 1. The van der Waals surface area contributed by atoms with Crippen molar-refractivity contribution in [1.82, 2.24) is 0 Å². The normalized spacial score (nSPS) is 12.1. The van der Waals surface area contributed by atoms with E-state index >= 15 is 0 Å². The molecule has 3 N–H and O–H groups in total. The Labute approximate surface area is 120 Å². The van der Waals surface area contributed by atoms with Crippen LogP contribution in [0.4, 0.5) is 0 Å². The fourth-order valence-electron chi connectivity index (χ4n) is 1.64. The number of rotatable bonds is 5. The van der Waals surface area contributed by atoms with Crippen LogP contribution in [-0.4, -0.2) is 12.2 Å². The summed E-state index contributed by atoms with van der Waals surface area (Å²) in [5.41, 5.74) is 6.98. The summed E-state index contributed by atoms with van der Waals surface area (Å²) in [5, 5.41) is 9.90. The lowest BCUT2D eigenvalue weighted by molar-refractivity contribution is 0.372. The molecule has 0 aliphatic heterocycles. The molecule has 18 heavy (non-hydrogen) atoms. The van der Waals surface area contributed by atoms with Gasteiger partial charge in [0.1, 0.15) is 0 Å². The quantitative estimate of drug-likeness (QED) is 0.865. The SMILES string of the molecule is COc1cc([C@@H](N)CCC(C)C)cc(Cl)c1O.Cl. The minimum absolute atomic E-state index is 0. The van der Waals surface area contributed by atoms with Gasteiger partial charge < -0.3 is 15.6 Å². The number of aromatic hydroxyl groups is 1. The van der Waals surface area contributed by atoms with Gasteiger partial charge in [0.25, 0.3) is 0 Å². The van der Waals surface area contributed by atoms with Gasteiger partial charge in [0.2, 0.25) is 0 Å². The molecule has 0 unspecified atom stereocenters. The van der Waals surface area contributed by atoms with Crippen molar-refractivity contribution in [3.63, 3.8) is 0 Å². The van der Waals surface area contributed by atoms with Gasteiger partial charge in [-0.05, 0) is 36.5 Å². The number of halogens is 2. The molecule has 0 aliphatic carbocycles. The van der Waals surface area contributed by atoms with E-state index in [-0.39, 0.29) is 29.2 Å². The van der Waals surface area contributed by atoms with Crippen LogP contribution in [-0.2, 0) is 0 Å². The molecular weight excluding hydrogens is 273 g/mol. The summed E-state index contributed by atoms with van der Waals surface area (Å²) in [6.07, 6.45) is 1.95. The first-order valence-corrected chi connectivity index (χ1v) is 6.15. The van der Waals surface area contributed by atoms with E-state index in [1.54, 1.807) is 12.1 Å². The Morgan fingerprint density at radius 3 is 2.44 bits per heavy atom. The van der Waals surface area contributed by atoms with E-state index in [0.717, 1.165) is 18.4 Å². The number of phenols is 1. The van der Waals surface area contributed by atoms with Crippen molar-refractivity contribution in [3.05, 3.63) is 22.7 Å². The summed E-state index contributed by atoms with van der Waals surface area (Å²) in [6.45, 7) is 4.33. The first-order valence-electron chi connectivity index (χ1n) is 5.77. The van der Waals surface area contributed by atoms with Crippen LogP contribution in [0.3, 0.4) is 0 Å². The summed E-state index contributed by atoms with van der Waals surface area (Å²) in [7, 11) is 1.49. The maximum atomic E-state index is 9.62. The Kier molecular flexibility index (Phi) is 7.45. The molecule has 1 rings (SSSR count). The van der Waals surface area contributed by atoms with Gasteiger partial charge in [0.05, 0.1) is 12.1 Å². The Hall–Kier alpha value is -0.640. The average Bonchev–Trinajstić information content (AvgIpc) is 2.29. The highest BCUT2D eigenvalue weighted by Gasteiger charge is 2.13. The number of nitrogens with two attached hydrogens (primary N) is 1. The molecule has 0 radical (unpaired) electrons. The summed E-state index contributed by atoms with van der Waals surface area (Å²) >= 11 is 5.92. The van der Waals surface area contributed by atoms with Gasteiger partial charge in [0, 0.05) is 6.04 Å². The van der Waals surface area contributed by atoms with E-state index in [1.165, 1.54) is 7.11 Å². The second-order valence-corrected chi connectivity index (χ2v) is 5.04.